The van der Waals surface area contributed by atoms with Gasteiger partial charge in [0.25, 0.3) is 0 Å². The fourth-order valence-electron chi connectivity index (χ4n) is 1.77. The van der Waals surface area contributed by atoms with E-state index < -0.39 is 0 Å². The van der Waals surface area contributed by atoms with Crippen molar-refractivity contribution in [2.24, 2.45) is 0 Å². The minimum Gasteiger partial charge on any atom is -0.373 e. The minimum atomic E-state index is -0.147. The summed E-state index contributed by atoms with van der Waals surface area (Å²) in [5.41, 5.74) is 0.804. The highest BCUT2D eigenvalue weighted by molar-refractivity contribution is 6.01. The van der Waals surface area contributed by atoms with Crippen molar-refractivity contribution in [1.82, 2.24) is 14.9 Å². The number of hydrogen-bond acceptors (Lipinski definition) is 5. The van der Waals surface area contributed by atoms with Crippen LogP contribution in [0.5, 0.6) is 0 Å². The van der Waals surface area contributed by atoms with Gasteiger partial charge < -0.3 is 5.32 Å². The average molecular weight is 234 g/mol. The lowest BCUT2D eigenvalue weighted by atomic mass is 10.4. The molecule has 2 rings (SSSR count). The summed E-state index contributed by atoms with van der Waals surface area (Å²) in [6.45, 7) is 2.01. The van der Waals surface area contributed by atoms with E-state index in [2.05, 4.69) is 15.3 Å². The monoisotopic (exact) mass is 234 g/mol. The average Bonchev–Trinajstić information content (AvgIpc) is 2.60. The highest BCUT2D eigenvalue weighted by atomic mass is 16.2. The topological polar surface area (TPSA) is 75.2 Å². The lowest BCUT2D eigenvalue weighted by Gasteiger charge is -2.13. The summed E-state index contributed by atoms with van der Waals surface area (Å²) < 4.78 is 0. The van der Waals surface area contributed by atoms with Gasteiger partial charge in [-0.25, -0.2) is 9.97 Å². The van der Waals surface area contributed by atoms with E-state index in [0.29, 0.717) is 24.5 Å². The third-order valence-corrected chi connectivity index (χ3v) is 2.61. The Bertz CT molecular complexity index is 457. The summed E-state index contributed by atoms with van der Waals surface area (Å²) in [6, 6.07) is 1.80. The van der Waals surface area contributed by atoms with Crippen LogP contribution in [-0.4, -0.2) is 33.7 Å². The maximum absolute atomic E-state index is 11.5. The number of aryl methyl sites for hydroxylation is 1. The number of imide groups is 1. The molecule has 17 heavy (non-hydrogen) atoms. The predicted molar refractivity (Wildman–Crippen MR) is 61.1 cm³/mol. The molecule has 0 aromatic carbocycles. The van der Waals surface area contributed by atoms with Gasteiger partial charge in [-0.15, -0.1) is 0 Å². The third-order valence-electron chi connectivity index (χ3n) is 2.61. The van der Waals surface area contributed by atoms with Gasteiger partial charge in [-0.3, -0.25) is 14.5 Å². The molecular weight excluding hydrogens is 220 g/mol. The molecule has 0 bridgehead atoms. The first kappa shape index (κ1) is 11.5. The van der Waals surface area contributed by atoms with Crippen molar-refractivity contribution >= 4 is 17.6 Å². The van der Waals surface area contributed by atoms with Gasteiger partial charge >= 0.3 is 0 Å². The lowest BCUT2D eigenvalue weighted by Crippen LogP contribution is -2.29. The first-order valence-corrected chi connectivity index (χ1v) is 5.45. The number of anilines is 1. The van der Waals surface area contributed by atoms with Crippen LogP contribution in [0.2, 0.25) is 0 Å². The van der Waals surface area contributed by atoms with Crippen molar-refractivity contribution in [3.8, 4) is 0 Å². The number of amides is 2. The van der Waals surface area contributed by atoms with Crippen LogP contribution in [0.1, 0.15) is 24.4 Å². The second kappa shape index (κ2) is 4.48. The largest absolute Gasteiger partial charge is 0.373 e. The summed E-state index contributed by atoms with van der Waals surface area (Å²) in [7, 11) is 1.76. The Balaban J connectivity index is 2.20. The zero-order valence-electron chi connectivity index (χ0n) is 9.86. The number of aromatic nitrogens is 2. The van der Waals surface area contributed by atoms with Crippen LogP contribution in [0.15, 0.2) is 6.07 Å². The molecule has 6 nitrogen and oxygen atoms in total. The second-order valence-electron chi connectivity index (χ2n) is 3.93. The quantitative estimate of drug-likeness (QED) is 0.770. The zero-order chi connectivity index (χ0) is 12.4. The highest BCUT2D eigenvalue weighted by Crippen LogP contribution is 2.15. The molecule has 2 heterocycles. The Morgan fingerprint density at radius 1 is 1.29 bits per heavy atom. The van der Waals surface area contributed by atoms with Gasteiger partial charge in [0.2, 0.25) is 11.8 Å². The third kappa shape index (κ3) is 2.41. The van der Waals surface area contributed by atoms with Crippen LogP contribution in [-0.2, 0) is 16.1 Å². The Hall–Kier alpha value is -1.98. The van der Waals surface area contributed by atoms with Gasteiger partial charge in [0.15, 0.2) is 5.82 Å². The molecular formula is C11H14N4O2. The van der Waals surface area contributed by atoms with Crippen LogP contribution < -0.4 is 5.32 Å². The molecule has 1 aromatic heterocycles. The molecule has 0 saturated carbocycles. The Kier molecular flexibility index (Phi) is 3.03. The van der Waals surface area contributed by atoms with Crippen molar-refractivity contribution in [3.05, 3.63) is 17.6 Å². The fourth-order valence-corrected chi connectivity index (χ4v) is 1.77. The number of nitrogens with one attached hydrogen (secondary N) is 1. The second-order valence-corrected chi connectivity index (χ2v) is 3.93. The van der Waals surface area contributed by atoms with Crippen LogP contribution in [0.3, 0.4) is 0 Å². The molecule has 1 fully saturated rings. The molecule has 1 aliphatic heterocycles. The van der Waals surface area contributed by atoms with E-state index in [9.17, 15) is 9.59 Å². The van der Waals surface area contributed by atoms with Crippen molar-refractivity contribution in [1.29, 1.82) is 0 Å². The molecule has 6 heteroatoms. The summed E-state index contributed by atoms with van der Waals surface area (Å²) in [5, 5.41) is 2.92. The predicted octanol–water partition coefficient (Wildman–Crippen LogP) is 0.476. The first-order chi connectivity index (χ1) is 8.10. The van der Waals surface area contributed by atoms with E-state index in [1.165, 1.54) is 4.90 Å². The summed E-state index contributed by atoms with van der Waals surface area (Å²) in [5.74, 6) is 0.877. The fraction of sp³-hybridized carbons (Fsp3) is 0.455. The first-order valence-electron chi connectivity index (χ1n) is 5.45. The van der Waals surface area contributed by atoms with E-state index in [-0.39, 0.29) is 18.4 Å². The number of likely N-dealkylation sites (tertiary alicyclic amines) is 1. The van der Waals surface area contributed by atoms with E-state index in [0.717, 1.165) is 5.69 Å². The van der Waals surface area contributed by atoms with E-state index in [4.69, 9.17) is 0 Å². The van der Waals surface area contributed by atoms with Crippen LogP contribution >= 0.6 is 0 Å². The van der Waals surface area contributed by atoms with Gasteiger partial charge in [-0.1, -0.05) is 0 Å². The van der Waals surface area contributed by atoms with Crippen molar-refractivity contribution in [2.75, 3.05) is 12.4 Å². The molecule has 0 atom stereocenters. The van der Waals surface area contributed by atoms with Gasteiger partial charge in [0, 0.05) is 31.6 Å². The number of nitrogens with zero attached hydrogens (tertiary/aromatic N) is 3. The summed E-state index contributed by atoms with van der Waals surface area (Å²) in [4.78, 5) is 32.6. The molecule has 1 aliphatic rings. The molecule has 1 aromatic rings. The SMILES string of the molecule is CNc1cc(C)nc(CN2C(=O)CCC2=O)n1. The number of hydrogen-bond donors (Lipinski definition) is 1. The molecule has 90 valence electrons. The Morgan fingerprint density at radius 3 is 2.53 bits per heavy atom. The van der Waals surface area contributed by atoms with E-state index in [1.807, 2.05) is 6.92 Å². The Labute approximate surface area is 99.1 Å². The molecule has 1 N–H and O–H groups in total. The van der Waals surface area contributed by atoms with Gasteiger partial charge in [-0.2, -0.15) is 0 Å². The summed E-state index contributed by atoms with van der Waals surface area (Å²) >= 11 is 0. The normalized spacial score (nSPS) is 15.5. The van der Waals surface area contributed by atoms with Crippen molar-refractivity contribution in [2.45, 2.75) is 26.3 Å². The maximum atomic E-state index is 11.5. The van der Waals surface area contributed by atoms with Gasteiger partial charge in [0.05, 0.1) is 6.54 Å². The van der Waals surface area contributed by atoms with Gasteiger partial charge in [0.1, 0.15) is 5.82 Å². The molecule has 1 saturated heterocycles. The van der Waals surface area contributed by atoms with Crippen molar-refractivity contribution in [3.63, 3.8) is 0 Å². The number of carbonyl (C=O) groups excluding carboxylic acids is 2. The summed E-state index contributed by atoms with van der Waals surface area (Å²) in [6.07, 6.45) is 0.590. The smallest absolute Gasteiger partial charge is 0.230 e. The number of rotatable bonds is 3. The molecule has 0 unspecified atom stereocenters. The van der Waals surface area contributed by atoms with Crippen LogP contribution in [0.4, 0.5) is 5.82 Å². The zero-order valence-corrected chi connectivity index (χ0v) is 9.86. The molecule has 2 amide bonds. The van der Waals surface area contributed by atoms with Crippen molar-refractivity contribution < 1.29 is 9.59 Å². The van der Waals surface area contributed by atoms with E-state index in [1.54, 1.807) is 13.1 Å². The molecule has 0 aliphatic carbocycles. The van der Waals surface area contributed by atoms with E-state index >= 15 is 0 Å². The van der Waals surface area contributed by atoms with Crippen LogP contribution in [0, 0.1) is 6.92 Å². The lowest BCUT2D eigenvalue weighted by molar-refractivity contribution is -0.139. The molecule has 0 spiro atoms. The Morgan fingerprint density at radius 2 is 1.94 bits per heavy atom. The molecule has 0 radical (unpaired) electrons. The highest BCUT2D eigenvalue weighted by Gasteiger charge is 2.29. The van der Waals surface area contributed by atoms with Gasteiger partial charge in [-0.05, 0) is 6.92 Å². The standard InChI is InChI=1S/C11H14N4O2/c1-7-5-8(12-2)14-9(13-7)6-15-10(16)3-4-11(15)17/h5H,3-4,6H2,1-2H3,(H,12,13,14). The number of carbonyl (C=O) groups is 2. The maximum Gasteiger partial charge on any atom is 0.230 e. The minimum absolute atomic E-state index is 0.147. The van der Waals surface area contributed by atoms with Crippen LogP contribution in [0.25, 0.3) is 0 Å².